The zero-order chi connectivity index (χ0) is 22.3. The van der Waals surface area contributed by atoms with Crippen LogP contribution in [0.15, 0.2) is 48.5 Å². The molecule has 3 aromatic rings. The molecule has 0 amide bonds. The fraction of sp³-hybridized carbons (Fsp3) is 0.423. The van der Waals surface area contributed by atoms with Crippen molar-refractivity contribution in [3.05, 3.63) is 59.7 Å². The van der Waals surface area contributed by atoms with Crippen molar-refractivity contribution in [3.63, 3.8) is 0 Å². The molecule has 6 nitrogen and oxygen atoms in total. The Bertz CT molecular complexity index is 1080. The van der Waals surface area contributed by atoms with E-state index in [9.17, 15) is 5.26 Å². The summed E-state index contributed by atoms with van der Waals surface area (Å²) in [7, 11) is 4.04. The van der Waals surface area contributed by atoms with E-state index in [0.29, 0.717) is 17.8 Å². The van der Waals surface area contributed by atoms with Gasteiger partial charge in [-0.05, 0) is 67.8 Å². The Kier molecular flexibility index (Phi) is 7.18. The van der Waals surface area contributed by atoms with E-state index in [0.717, 1.165) is 47.5 Å². The van der Waals surface area contributed by atoms with Gasteiger partial charge in [-0.1, -0.05) is 30.3 Å². The quantitative estimate of drug-likeness (QED) is 0.547. The normalized spacial score (nSPS) is 18.3. The number of nitrogens with zero attached hydrogens (tertiary/aromatic N) is 4. The molecular formula is C26H32N6. The molecule has 166 valence electrons. The van der Waals surface area contributed by atoms with Gasteiger partial charge in [0.05, 0.1) is 17.1 Å². The van der Waals surface area contributed by atoms with Gasteiger partial charge < -0.3 is 15.5 Å². The van der Waals surface area contributed by atoms with Gasteiger partial charge in [0, 0.05) is 32.6 Å². The summed E-state index contributed by atoms with van der Waals surface area (Å²) in [6.45, 7) is 2.69. The Balaban J connectivity index is 1.25. The highest BCUT2D eigenvalue weighted by atomic mass is 15.2. The van der Waals surface area contributed by atoms with Crippen LogP contribution in [0.1, 0.15) is 36.8 Å². The van der Waals surface area contributed by atoms with Gasteiger partial charge >= 0.3 is 0 Å². The van der Waals surface area contributed by atoms with Crippen molar-refractivity contribution < 1.29 is 0 Å². The van der Waals surface area contributed by atoms with Crippen LogP contribution in [0.3, 0.4) is 0 Å². The maximum absolute atomic E-state index is 9.23. The van der Waals surface area contributed by atoms with Gasteiger partial charge in [0.15, 0.2) is 0 Å². The van der Waals surface area contributed by atoms with Crippen molar-refractivity contribution in [2.45, 2.75) is 32.2 Å². The molecule has 0 saturated heterocycles. The molecule has 1 heterocycles. The number of para-hydroxylation sites is 1. The number of nitriles is 1. The molecule has 1 aliphatic carbocycles. The lowest BCUT2D eigenvalue weighted by Gasteiger charge is -2.29. The average molecular weight is 429 g/mol. The zero-order valence-corrected chi connectivity index (χ0v) is 19.0. The van der Waals surface area contributed by atoms with Crippen LogP contribution in [0.2, 0.25) is 0 Å². The lowest BCUT2D eigenvalue weighted by molar-refractivity contribution is 0.275. The highest BCUT2D eigenvalue weighted by molar-refractivity contribution is 5.90. The largest absolute Gasteiger partial charge is 0.362 e. The number of aromatic nitrogens is 2. The van der Waals surface area contributed by atoms with Crippen molar-refractivity contribution in [2.75, 3.05) is 37.4 Å². The SMILES string of the molecule is CN(C)c1nc(NCC2CCC(CNCc3ccccc3C#N)CC2)nc2ccccc12. The molecular weight excluding hydrogens is 396 g/mol. The van der Waals surface area contributed by atoms with E-state index in [1.165, 1.54) is 25.7 Å². The lowest BCUT2D eigenvalue weighted by atomic mass is 9.82. The highest BCUT2D eigenvalue weighted by Gasteiger charge is 2.21. The Hall–Kier alpha value is -3.17. The number of anilines is 2. The van der Waals surface area contributed by atoms with Crippen LogP contribution in [0, 0.1) is 23.2 Å². The molecule has 1 saturated carbocycles. The molecule has 6 heteroatoms. The van der Waals surface area contributed by atoms with E-state index in [-0.39, 0.29) is 0 Å². The number of benzene rings is 2. The van der Waals surface area contributed by atoms with E-state index < -0.39 is 0 Å². The summed E-state index contributed by atoms with van der Waals surface area (Å²) in [6, 6.07) is 18.3. The molecule has 0 aliphatic heterocycles. The van der Waals surface area contributed by atoms with Crippen LogP contribution in [-0.2, 0) is 6.54 Å². The van der Waals surface area contributed by atoms with Gasteiger partial charge in [-0.25, -0.2) is 4.98 Å². The smallest absolute Gasteiger partial charge is 0.225 e. The van der Waals surface area contributed by atoms with Crippen LogP contribution < -0.4 is 15.5 Å². The van der Waals surface area contributed by atoms with Gasteiger partial charge in [-0.3, -0.25) is 0 Å². The fourth-order valence-electron chi connectivity index (χ4n) is 4.55. The van der Waals surface area contributed by atoms with Crippen LogP contribution in [0.4, 0.5) is 11.8 Å². The first kappa shape index (κ1) is 22.0. The minimum absolute atomic E-state index is 0.656. The van der Waals surface area contributed by atoms with E-state index in [1.807, 2.05) is 61.5 Å². The fourth-order valence-corrected chi connectivity index (χ4v) is 4.55. The molecule has 1 aliphatic rings. The number of nitrogens with one attached hydrogen (secondary N) is 2. The third-order valence-electron chi connectivity index (χ3n) is 6.41. The first-order valence-electron chi connectivity index (χ1n) is 11.5. The number of hydrogen-bond acceptors (Lipinski definition) is 6. The van der Waals surface area contributed by atoms with Crippen LogP contribution in [0.5, 0.6) is 0 Å². The maximum Gasteiger partial charge on any atom is 0.225 e. The standard InChI is InChI=1S/C26H32N6/c1-32(2)25-23-9-5-6-10-24(23)30-26(31-25)29-17-20-13-11-19(12-14-20)16-28-18-22-8-4-3-7-21(22)15-27/h3-10,19-20,28H,11-14,16-18H2,1-2H3,(H,29,30,31). The Labute approximate surface area is 190 Å². The molecule has 32 heavy (non-hydrogen) atoms. The minimum Gasteiger partial charge on any atom is -0.362 e. The van der Waals surface area contributed by atoms with Gasteiger partial charge in [0.2, 0.25) is 5.95 Å². The van der Waals surface area contributed by atoms with E-state index in [1.54, 1.807) is 0 Å². The molecule has 0 radical (unpaired) electrons. The predicted octanol–water partition coefficient (Wildman–Crippen LogP) is 4.58. The van der Waals surface area contributed by atoms with Crippen molar-refractivity contribution >= 4 is 22.7 Å². The summed E-state index contributed by atoms with van der Waals surface area (Å²) in [6.07, 6.45) is 4.92. The number of rotatable bonds is 8. The van der Waals surface area contributed by atoms with Crippen LogP contribution in [-0.4, -0.2) is 37.2 Å². The molecule has 0 spiro atoms. The van der Waals surface area contributed by atoms with Gasteiger partial charge in [0.1, 0.15) is 5.82 Å². The molecule has 0 atom stereocenters. The molecule has 0 bridgehead atoms. The Morgan fingerprint density at radius 3 is 2.38 bits per heavy atom. The summed E-state index contributed by atoms with van der Waals surface area (Å²) < 4.78 is 0. The Morgan fingerprint density at radius 1 is 0.938 bits per heavy atom. The van der Waals surface area contributed by atoms with Crippen molar-refractivity contribution in [2.24, 2.45) is 11.8 Å². The third kappa shape index (κ3) is 5.35. The van der Waals surface area contributed by atoms with Crippen molar-refractivity contribution in [3.8, 4) is 6.07 Å². The summed E-state index contributed by atoms with van der Waals surface area (Å²) in [5.41, 5.74) is 2.82. The van der Waals surface area contributed by atoms with Crippen LogP contribution in [0.25, 0.3) is 10.9 Å². The van der Waals surface area contributed by atoms with Gasteiger partial charge in [0.25, 0.3) is 0 Å². The van der Waals surface area contributed by atoms with E-state index in [2.05, 4.69) is 22.8 Å². The molecule has 2 aromatic carbocycles. The second-order valence-corrected chi connectivity index (χ2v) is 8.95. The summed E-state index contributed by atoms with van der Waals surface area (Å²) in [5.74, 6) is 3.03. The second-order valence-electron chi connectivity index (χ2n) is 8.95. The predicted molar refractivity (Wildman–Crippen MR) is 131 cm³/mol. The molecule has 1 fully saturated rings. The number of hydrogen-bond donors (Lipinski definition) is 2. The molecule has 2 N–H and O–H groups in total. The monoisotopic (exact) mass is 428 g/mol. The second kappa shape index (κ2) is 10.4. The third-order valence-corrected chi connectivity index (χ3v) is 6.41. The minimum atomic E-state index is 0.656. The Morgan fingerprint density at radius 2 is 1.62 bits per heavy atom. The molecule has 4 rings (SSSR count). The molecule has 0 unspecified atom stereocenters. The van der Waals surface area contributed by atoms with Crippen molar-refractivity contribution in [1.82, 2.24) is 15.3 Å². The number of fused-ring (bicyclic) bond motifs is 1. The molecule has 1 aromatic heterocycles. The lowest BCUT2D eigenvalue weighted by Crippen LogP contribution is -2.28. The topological polar surface area (TPSA) is 76.9 Å². The first-order valence-corrected chi connectivity index (χ1v) is 11.5. The van der Waals surface area contributed by atoms with E-state index in [4.69, 9.17) is 9.97 Å². The van der Waals surface area contributed by atoms with Gasteiger partial charge in [-0.15, -0.1) is 0 Å². The summed E-state index contributed by atoms with van der Waals surface area (Å²) in [4.78, 5) is 11.5. The van der Waals surface area contributed by atoms with Crippen molar-refractivity contribution in [1.29, 1.82) is 5.26 Å². The zero-order valence-electron chi connectivity index (χ0n) is 19.0. The summed E-state index contributed by atoms with van der Waals surface area (Å²) in [5, 5.41) is 17.4. The average Bonchev–Trinajstić information content (AvgIpc) is 2.83. The van der Waals surface area contributed by atoms with E-state index >= 15 is 0 Å². The summed E-state index contributed by atoms with van der Waals surface area (Å²) >= 11 is 0. The maximum atomic E-state index is 9.23. The first-order chi connectivity index (χ1) is 15.6. The van der Waals surface area contributed by atoms with Gasteiger partial charge in [-0.2, -0.15) is 10.2 Å². The van der Waals surface area contributed by atoms with Crippen LogP contribution >= 0.6 is 0 Å². The highest BCUT2D eigenvalue weighted by Crippen LogP contribution is 2.29.